The second-order valence-electron chi connectivity index (χ2n) is 3.57. The van der Waals surface area contributed by atoms with Gasteiger partial charge in [-0.2, -0.15) is 5.26 Å². The van der Waals surface area contributed by atoms with Crippen molar-refractivity contribution in [2.75, 3.05) is 24.2 Å². The van der Waals surface area contributed by atoms with Crippen molar-refractivity contribution in [1.82, 2.24) is 4.98 Å². The molecule has 0 aromatic carbocycles. The summed E-state index contributed by atoms with van der Waals surface area (Å²) >= 11 is 11.8. The van der Waals surface area contributed by atoms with Crippen molar-refractivity contribution in [2.45, 2.75) is 6.92 Å². The zero-order valence-corrected chi connectivity index (χ0v) is 10.5. The number of rotatable bonds is 3. The summed E-state index contributed by atoms with van der Waals surface area (Å²) in [6, 6.07) is 3.69. The van der Waals surface area contributed by atoms with E-state index < -0.39 is 0 Å². The molecular weight excluding hydrogens is 247 g/mol. The highest BCUT2D eigenvalue weighted by molar-refractivity contribution is 6.37. The van der Waals surface area contributed by atoms with Gasteiger partial charge in [0, 0.05) is 13.6 Å². The Morgan fingerprint density at radius 2 is 2.19 bits per heavy atom. The van der Waals surface area contributed by atoms with Crippen LogP contribution in [0.4, 0.5) is 11.6 Å². The SMILES string of the molecule is CC(C#N)CN(C)c1nc(N)c(Cl)cc1Cl. The fraction of sp³-hybridized carbons (Fsp3) is 0.400. The summed E-state index contributed by atoms with van der Waals surface area (Å²) in [6.45, 7) is 2.36. The number of aromatic nitrogens is 1. The summed E-state index contributed by atoms with van der Waals surface area (Å²) in [5.74, 6) is 0.656. The number of nitriles is 1. The lowest BCUT2D eigenvalue weighted by atomic mass is 10.2. The minimum absolute atomic E-state index is 0.111. The molecule has 0 saturated carbocycles. The zero-order valence-electron chi connectivity index (χ0n) is 9.04. The Hall–Kier alpha value is -1.18. The van der Waals surface area contributed by atoms with Gasteiger partial charge in [-0.1, -0.05) is 23.2 Å². The van der Waals surface area contributed by atoms with E-state index in [2.05, 4.69) is 11.1 Å². The lowest BCUT2D eigenvalue weighted by molar-refractivity contribution is 0.710. The highest BCUT2D eigenvalue weighted by Crippen LogP contribution is 2.29. The molecule has 1 heterocycles. The maximum Gasteiger partial charge on any atom is 0.149 e. The minimum Gasteiger partial charge on any atom is -0.382 e. The molecule has 0 bridgehead atoms. The van der Waals surface area contributed by atoms with E-state index in [-0.39, 0.29) is 11.7 Å². The molecule has 1 rings (SSSR count). The van der Waals surface area contributed by atoms with Crippen LogP contribution in [-0.4, -0.2) is 18.6 Å². The molecule has 1 aromatic rings. The molecule has 86 valence electrons. The summed E-state index contributed by atoms with van der Waals surface area (Å²) in [6.07, 6.45) is 0. The average Bonchev–Trinajstić information content (AvgIpc) is 2.23. The van der Waals surface area contributed by atoms with E-state index in [1.165, 1.54) is 0 Å². The quantitative estimate of drug-likeness (QED) is 0.905. The Bertz CT molecular complexity index is 428. The van der Waals surface area contributed by atoms with Gasteiger partial charge in [0.15, 0.2) is 0 Å². The summed E-state index contributed by atoms with van der Waals surface area (Å²) in [5, 5.41) is 9.47. The fourth-order valence-corrected chi connectivity index (χ4v) is 1.78. The second kappa shape index (κ2) is 5.24. The van der Waals surface area contributed by atoms with Crippen LogP contribution in [0.3, 0.4) is 0 Å². The van der Waals surface area contributed by atoms with Gasteiger partial charge >= 0.3 is 0 Å². The van der Waals surface area contributed by atoms with Crippen molar-refractivity contribution < 1.29 is 0 Å². The molecule has 2 N–H and O–H groups in total. The molecule has 0 aliphatic heterocycles. The van der Waals surface area contributed by atoms with E-state index in [0.29, 0.717) is 22.4 Å². The van der Waals surface area contributed by atoms with E-state index in [1.54, 1.807) is 18.0 Å². The van der Waals surface area contributed by atoms with Crippen LogP contribution in [0.5, 0.6) is 0 Å². The standard InChI is InChI=1S/C10H12Cl2N4/c1-6(4-13)5-16(2)10-8(12)3-7(11)9(14)15-10/h3,6H,5H2,1-2H3,(H2,14,15). The smallest absolute Gasteiger partial charge is 0.149 e. The third kappa shape index (κ3) is 2.91. The van der Waals surface area contributed by atoms with Crippen LogP contribution < -0.4 is 10.6 Å². The molecular formula is C10H12Cl2N4. The maximum atomic E-state index is 8.72. The van der Waals surface area contributed by atoms with Gasteiger partial charge in [-0.15, -0.1) is 0 Å². The second-order valence-corrected chi connectivity index (χ2v) is 4.39. The first kappa shape index (κ1) is 12.9. The fourth-order valence-electron chi connectivity index (χ4n) is 1.28. The number of pyridine rings is 1. The summed E-state index contributed by atoms with van der Waals surface area (Å²) in [4.78, 5) is 5.87. The first-order valence-corrected chi connectivity index (χ1v) is 5.43. The lowest BCUT2D eigenvalue weighted by Gasteiger charge is -2.20. The summed E-state index contributed by atoms with van der Waals surface area (Å²) < 4.78 is 0. The molecule has 4 nitrogen and oxygen atoms in total. The summed E-state index contributed by atoms with van der Waals surface area (Å²) in [7, 11) is 1.80. The average molecular weight is 259 g/mol. The Morgan fingerprint density at radius 3 is 2.75 bits per heavy atom. The van der Waals surface area contributed by atoms with Crippen molar-refractivity contribution in [3.8, 4) is 6.07 Å². The molecule has 0 spiro atoms. The van der Waals surface area contributed by atoms with Crippen molar-refractivity contribution in [3.05, 3.63) is 16.1 Å². The minimum atomic E-state index is -0.111. The Morgan fingerprint density at radius 1 is 1.56 bits per heavy atom. The van der Waals surface area contributed by atoms with Crippen molar-refractivity contribution in [2.24, 2.45) is 5.92 Å². The molecule has 1 aromatic heterocycles. The van der Waals surface area contributed by atoms with Crippen LogP contribution in [0, 0.1) is 17.2 Å². The molecule has 0 radical (unpaired) electrons. The largest absolute Gasteiger partial charge is 0.382 e. The molecule has 6 heteroatoms. The van der Waals surface area contributed by atoms with Crippen LogP contribution >= 0.6 is 23.2 Å². The molecule has 0 aliphatic rings. The third-order valence-electron chi connectivity index (χ3n) is 2.07. The number of nitrogens with two attached hydrogens (primary N) is 1. The molecule has 0 aliphatic carbocycles. The van der Waals surface area contributed by atoms with Crippen molar-refractivity contribution >= 4 is 34.8 Å². The number of nitrogen functional groups attached to an aromatic ring is 1. The van der Waals surface area contributed by atoms with Crippen molar-refractivity contribution in [3.63, 3.8) is 0 Å². The van der Waals surface area contributed by atoms with Crippen molar-refractivity contribution in [1.29, 1.82) is 5.26 Å². The van der Waals surface area contributed by atoms with Gasteiger partial charge in [-0.25, -0.2) is 4.98 Å². The lowest BCUT2D eigenvalue weighted by Crippen LogP contribution is -2.24. The van der Waals surface area contributed by atoms with E-state index in [0.717, 1.165) is 0 Å². The van der Waals surface area contributed by atoms with Crippen LogP contribution in [0.2, 0.25) is 10.0 Å². The van der Waals surface area contributed by atoms with Crippen LogP contribution in [0.15, 0.2) is 6.07 Å². The molecule has 1 atom stereocenters. The first-order chi connectivity index (χ1) is 7.45. The van der Waals surface area contributed by atoms with E-state index in [4.69, 9.17) is 34.2 Å². The van der Waals surface area contributed by atoms with Crippen LogP contribution in [0.1, 0.15) is 6.92 Å². The Labute approximate surface area is 105 Å². The van der Waals surface area contributed by atoms with Gasteiger partial charge in [-0.05, 0) is 13.0 Å². The predicted molar refractivity (Wildman–Crippen MR) is 66.7 cm³/mol. The van der Waals surface area contributed by atoms with Gasteiger partial charge < -0.3 is 10.6 Å². The topological polar surface area (TPSA) is 65.9 Å². The van der Waals surface area contributed by atoms with E-state index >= 15 is 0 Å². The molecule has 1 unspecified atom stereocenters. The van der Waals surface area contributed by atoms with E-state index in [1.807, 2.05) is 6.92 Å². The Balaban J connectivity index is 2.96. The van der Waals surface area contributed by atoms with Gasteiger partial charge in [0.2, 0.25) is 0 Å². The number of hydrogen-bond acceptors (Lipinski definition) is 4. The van der Waals surface area contributed by atoms with Gasteiger partial charge in [0.05, 0.1) is 22.0 Å². The number of hydrogen-bond donors (Lipinski definition) is 1. The highest BCUT2D eigenvalue weighted by Gasteiger charge is 2.13. The Kier molecular flexibility index (Phi) is 4.22. The monoisotopic (exact) mass is 258 g/mol. The van der Waals surface area contributed by atoms with E-state index in [9.17, 15) is 0 Å². The summed E-state index contributed by atoms with van der Waals surface area (Å²) in [5.41, 5.74) is 5.60. The number of nitrogens with zero attached hydrogens (tertiary/aromatic N) is 3. The third-order valence-corrected chi connectivity index (χ3v) is 2.65. The van der Waals surface area contributed by atoms with Gasteiger partial charge in [0.25, 0.3) is 0 Å². The van der Waals surface area contributed by atoms with Gasteiger partial charge in [-0.3, -0.25) is 0 Å². The van der Waals surface area contributed by atoms with Crippen LogP contribution in [0.25, 0.3) is 0 Å². The zero-order chi connectivity index (χ0) is 12.3. The first-order valence-electron chi connectivity index (χ1n) is 4.68. The normalized spacial score (nSPS) is 11.9. The molecule has 16 heavy (non-hydrogen) atoms. The van der Waals surface area contributed by atoms with Crippen LogP contribution in [-0.2, 0) is 0 Å². The molecule has 0 saturated heterocycles. The molecule has 0 amide bonds. The molecule has 0 fully saturated rings. The number of anilines is 2. The maximum absolute atomic E-state index is 8.72. The predicted octanol–water partition coefficient (Wildman–Crippen LogP) is 2.57. The highest BCUT2D eigenvalue weighted by atomic mass is 35.5. The van der Waals surface area contributed by atoms with Gasteiger partial charge in [0.1, 0.15) is 11.6 Å². The number of halogens is 2.